The number of rotatable bonds is 3. The van der Waals surface area contributed by atoms with Gasteiger partial charge in [-0.25, -0.2) is 9.59 Å². The van der Waals surface area contributed by atoms with Crippen molar-refractivity contribution in [3.05, 3.63) is 0 Å². The topological polar surface area (TPSA) is 87.1 Å². The number of aliphatic carboxylic acids is 1. The molecule has 0 saturated carbocycles. The second-order valence-corrected chi connectivity index (χ2v) is 8.89. The first-order valence-corrected chi connectivity index (χ1v) is 8.08. The average molecular weight is 329 g/mol. The third-order valence-corrected chi connectivity index (χ3v) is 4.49. The van der Waals surface area contributed by atoms with Gasteiger partial charge in [0.05, 0.1) is 0 Å². The lowest BCUT2D eigenvalue weighted by Crippen LogP contribution is -2.60. The average Bonchev–Trinajstić information content (AvgIpc) is 2.34. The maximum absolute atomic E-state index is 12.6. The Balaban J connectivity index is 3.12. The maximum atomic E-state index is 12.6. The van der Waals surface area contributed by atoms with Crippen LogP contribution in [0.2, 0.25) is 0 Å². The highest BCUT2D eigenvalue weighted by Crippen LogP contribution is 2.41. The first-order chi connectivity index (χ1) is 10.2. The van der Waals surface area contributed by atoms with Gasteiger partial charge >= 0.3 is 12.1 Å². The number of nitrogens with zero attached hydrogens (tertiary/aromatic N) is 1. The minimum absolute atomic E-state index is 0.0718. The molecule has 134 valence electrons. The van der Waals surface area contributed by atoms with Gasteiger partial charge in [0.15, 0.2) is 6.10 Å². The zero-order valence-corrected chi connectivity index (χ0v) is 15.3. The standard InChI is InChI=1S/C17H31NO5/c1-15(2,3)23-14(22)18-10-16(4,5)9-8-11(18)17(6,7)12(19)13(20)21/h11-12,19H,8-10H2,1-7H3,(H,20,21). The number of amides is 1. The summed E-state index contributed by atoms with van der Waals surface area (Å²) in [7, 11) is 0. The number of piperidine rings is 1. The van der Waals surface area contributed by atoms with Crippen molar-refractivity contribution < 1.29 is 24.5 Å². The normalized spacial score (nSPS) is 23.3. The molecule has 0 radical (unpaired) electrons. The molecule has 1 amide bonds. The van der Waals surface area contributed by atoms with Crippen LogP contribution >= 0.6 is 0 Å². The molecule has 0 aromatic heterocycles. The van der Waals surface area contributed by atoms with E-state index in [0.717, 1.165) is 6.42 Å². The van der Waals surface area contributed by atoms with Crippen molar-refractivity contribution >= 4 is 12.1 Å². The molecule has 2 unspecified atom stereocenters. The quantitative estimate of drug-likeness (QED) is 0.831. The fraction of sp³-hybridized carbons (Fsp3) is 0.882. The Labute approximate surface area is 138 Å². The van der Waals surface area contributed by atoms with E-state index in [1.54, 1.807) is 39.5 Å². The largest absolute Gasteiger partial charge is 0.479 e. The fourth-order valence-corrected chi connectivity index (χ4v) is 3.12. The summed E-state index contributed by atoms with van der Waals surface area (Å²) < 4.78 is 5.49. The van der Waals surface area contributed by atoms with E-state index in [1.165, 1.54) is 0 Å². The zero-order valence-electron chi connectivity index (χ0n) is 15.3. The molecule has 0 aromatic rings. The van der Waals surface area contributed by atoms with E-state index in [9.17, 15) is 19.8 Å². The lowest BCUT2D eigenvalue weighted by Gasteiger charge is -2.50. The van der Waals surface area contributed by atoms with Gasteiger partial charge < -0.3 is 19.8 Å². The summed E-state index contributed by atoms with van der Waals surface area (Å²) >= 11 is 0. The highest BCUT2D eigenvalue weighted by molar-refractivity contribution is 5.74. The number of ether oxygens (including phenoxy) is 1. The number of hydrogen-bond acceptors (Lipinski definition) is 4. The van der Waals surface area contributed by atoms with Crippen molar-refractivity contribution in [3.63, 3.8) is 0 Å². The monoisotopic (exact) mass is 329 g/mol. The number of carbonyl (C=O) groups excluding carboxylic acids is 1. The Hall–Kier alpha value is -1.30. The molecule has 0 aliphatic carbocycles. The van der Waals surface area contributed by atoms with Crippen LogP contribution in [-0.2, 0) is 9.53 Å². The number of aliphatic hydroxyl groups is 1. The van der Waals surface area contributed by atoms with Crippen molar-refractivity contribution in [1.82, 2.24) is 4.90 Å². The molecule has 0 aromatic carbocycles. The highest BCUT2D eigenvalue weighted by Gasteiger charge is 2.49. The van der Waals surface area contributed by atoms with Gasteiger partial charge in [0.2, 0.25) is 0 Å². The molecule has 0 spiro atoms. The summed E-state index contributed by atoms with van der Waals surface area (Å²) in [6, 6.07) is -0.392. The number of aliphatic hydroxyl groups excluding tert-OH is 1. The Kier molecular flexibility index (Phi) is 5.41. The molecule has 1 aliphatic heterocycles. The Morgan fingerprint density at radius 1 is 1.22 bits per heavy atom. The molecular weight excluding hydrogens is 298 g/mol. The van der Waals surface area contributed by atoms with Crippen LogP contribution < -0.4 is 0 Å². The summed E-state index contributed by atoms with van der Waals surface area (Å²) in [6.07, 6.45) is -0.518. The van der Waals surface area contributed by atoms with Crippen LogP contribution in [0.25, 0.3) is 0 Å². The molecule has 1 heterocycles. The van der Waals surface area contributed by atoms with Crippen molar-refractivity contribution in [2.45, 2.75) is 79.1 Å². The SMILES string of the molecule is CC1(C)CCC(C(C)(C)C(O)C(=O)O)N(C(=O)OC(C)(C)C)C1. The molecule has 1 rings (SSSR count). The summed E-state index contributed by atoms with van der Waals surface area (Å²) in [5, 5.41) is 19.3. The Morgan fingerprint density at radius 3 is 2.17 bits per heavy atom. The highest BCUT2D eigenvalue weighted by atomic mass is 16.6. The number of carbonyl (C=O) groups is 2. The Morgan fingerprint density at radius 2 is 1.74 bits per heavy atom. The second-order valence-electron chi connectivity index (χ2n) is 8.89. The van der Waals surface area contributed by atoms with Gasteiger partial charge in [-0.1, -0.05) is 27.7 Å². The van der Waals surface area contributed by atoms with E-state index in [2.05, 4.69) is 13.8 Å². The summed E-state index contributed by atoms with van der Waals surface area (Å²) in [5.74, 6) is -1.27. The first-order valence-electron chi connectivity index (χ1n) is 8.08. The van der Waals surface area contributed by atoms with Gasteiger partial charge in [-0.2, -0.15) is 0 Å². The fourth-order valence-electron chi connectivity index (χ4n) is 3.12. The van der Waals surface area contributed by atoms with Gasteiger partial charge in [0.25, 0.3) is 0 Å². The lowest BCUT2D eigenvalue weighted by molar-refractivity contribution is -0.158. The molecule has 2 atom stereocenters. The number of likely N-dealkylation sites (tertiary alicyclic amines) is 1. The van der Waals surface area contributed by atoms with Crippen LogP contribution in [0.4, 0.5) is 4.79 Å². The number of carboxylic acid groups (broad SMARTS) is 1. The van der Waals surface area contributed by atoms with Crippen molar-refractivity contribution in [2.75, 3.05) is 6.54 Å². The van der Waals surface area contributed by atoms with Crippen LogP contribution in [0, 0.1) is 10.8 Å². The first kappa shape index (κ1) is 19.7. The third-order valence-electron chi connectivity index (χ3n) is 4.49. The third kappa shape index (κ3) is 4.83. The molecule has 23 heavy (non-hydrogen) atoms. The molecule has 6 nitrogen and oxygen atoms in total. The molecule has 0 bridgehead atoms. The van der Waals surface area contributed by atoms with E-state index >= 15 is 0 Å². The predicted molar refractivity (Wildman–Crippen MR) is 87.2 cm³/mol. The van der Waals surface area contributed by atoms with Gasteiger partial charge in [-0.15, -0.1) is 0 Å². The van der Waals surface area contributed by atoms with Crippen molar-refractivity contribution in [1.29, 1.82) is 0 Å². The van der Waals surface area contributed by atoms with Crippen LogP contribution in [0.5, 0.6) is 0 Å². The van der Waals surface area contributed by atoms with Crippen LogP contribution in [0.1, 0.15) is 61.3 Å². The zero-order chi connectivity index (χ0) is 18.2. The summed E-state index contributed by atoms with van der Waals surface area (Å²) in [6.45, 7) is 13.4. The Bertz CT molecular complexity index is 464. The number of carboxylic acids is 1. The summed E-state index contributed by atoms with van der Waals surface area (Å²) in [5.41, 5.74) is -1.67. The van der Waals surface area contributed by atoms with Gasteiger partial charge in [0.1, 0.15) is 5.60 Å². The van der Waals surface area contributed by atoms with E-state index in [-0.39, 0.29) is 5.41 Å². The predicted octanol–water partition coefficient (Wildman–Crippen LogP) is 2.88. The van der Waals surface area contributed by atoms with Crippen LogP contribution in [-0.4, -0.2) is 51.5 Å². The van der Waals surface area contributed by atoms with Gasteiger partial charge in [-0.05, 0) is 39.0 Å². The smallest absolute Gasteiger partial charge is 0.410 e. The molecule has 6 heteroatoms. The molecule has 1 saturated heterocycles. The van der Waals surface area contributed by atoms with E-state index in [4.69, 9.17) is 4.74 Å². The molecule has 1 aliphatic rings. The van der Waals surface area contributed by atoms with E-state index in [1.807, 2.05) is 0 Å². The minimum atomic E-state index is -1.54. The number of hydrogen-bond donors (Lipinski definition) is 2. The van der Waals surface area contributed by atoms with E-state index in [0.29, 0.717) is 13.0 Å². The lowest BCUT2D eigenvalue weighted by atomic mass is 9.70. The van der Waals surface area contributed by atoms with E-state index < -0.39 is 35.2 Å². The van der Waals surface area contributed by atoms with Crippen LogP contribution in [0.3, 0.4) is 0 Å². The molecular formula is C17H31NO5. The van der Waals surface area contributed by atoms with Crippen LogP contribution in [0.15, 0.2) is 0 Å². The molecule has 2 N–H and O–H groups in total. The van der Waals surface area contributed by atoms with Crippen molar-refractivity contribution in [3.8, 4) is 0 Å². The van der Waals surface area contributed by atoms with Gasteiger partial charge in [0, 0.05) is 18.0 Å². The summed E-state index contributed by atoms with van der Waals surface area (Å²) in [4.78, 5) is 25.5. The maximum Gasteiger partial charge on any atom is 0.410 e. The van der Waals surface area contributed by atoms with Crippen molar-refractivity contribution in [2.24, 2.45) is 10.8 Å². The molecule has 1 fully saturated rings. The minimum Gasteiger partial charge on any atom is -0.479 e. The second kappa shape index (κ2) is 6.30. The van der Waals surface area contributed by atoms with Gasteiger partial charge in [-0.3, -0.25) is 0 Å².